The molecule has 3 nitrogen and oxygen atoms in total. The smallest absolute Gasteiger partial charge is 0.189 e. The number of azo groups is 1. The number of benzene rings is 2. The lowest BCUT2D eigenvalue weighted by Gasteiger charge is -2.15. The quantitative estimate of drug-likeness (QED) is 0.781. The lowest BCUT2D eigenvalue weighted by Crippen LogP contribution is -2.24. The molecule has 1 heterocycles. The van der Waals surface area contributed by atoms with Gasteiger partial charge in [0.1, 0.15) is 6.04 Å². The Bertz CT molecular complexity index is 637. The Hall–Kier alpha value is -2.00. The number of rotatable bonds is 3. The molecule has 1 aliphatic rings. The van der Waals surface area contributed by atoms with E-state index in [4.69, 9.17) is 11.6 Å². The first-order valence-corrected chi connectivity index (χ1v) is 6.85. The van der Waals surface area contributed by atoms with Crippen molar-refractivity contribution in [2.24, 2.45) is 10.2 Å². The van der Waals surface area contributed by atoms with Crippen molar-refractivity contribution >= 4 is 17.4 Å². The molecule has 4 heteroatoms. The summed E-state index contributed by atoms with van der Waals surface area (Å²) in [7, 11) is 0. The van der Waals surface area contributed by atoms with Crippen molar-refractivity contribution in [1.29, 1.82) is 0 Å². The van der Waals surface area contributed by atoms with E-state index >= 15 is 0 Å². The van der Waals surface area contributed by atoms with Crippen LogP contribution in [0.3, 0.4) is 0 Å². The summed E-state index contributed by atoms with van der Waals surface area (Å²) >= 11 is 5.85. The van der Waals surface area contributed by atoms with Gasteiger partial charge in [0, 0.05) is 16.5 Å². The normalized spacial score (nSPS) is 21.1. The van der Waals surface area contributed by atoms with Crippen LogP contribution < -0.4 is 0 Å². The second kappa shape index (κ2) is 5.55. The Morgan fingerprint density at radius 1 is 1.05 bits per heavy atom. The van der Waals surface area contributed by atoms with Crippen molar-refractivity contribution in [3.05, 3.63) is 70.7 Å². The number of ketones is 1. The summed E-state index contributed by atoms with van der Waals surface area (Å²) in [6.07, 6.45) is 0. The molecule has 1 aliphatic heterocycles. The maximum absolute atomic E-state index is 12.5. The van der Waals surface area contributed by atoms with Crippen LogP contribution in [-0.2, 0) is 0 Å². The average molecular weight is 285 g/mol. The molecule has 0 amide bonds. The molecule has 0 radical (unpaired) electrons. The lowest BCUT2D eigenvalue weighted by atomic mass is 9.88. The fraction of sp³-hybridized carbons (Fsp3) is 0.188. The van der Waals surface area contributed by atoms with Crippen LogP contribution in [0.5, 0.6) is 0 Å². The standard InChI is InChI=1S/C16H13ClN2O/c17-13-8-6-12(7-9-13)16(20)15-14(10-18-19-15)11-4-2-1-3-5-11/h1-9,14-15H,10H2/t14-,15-/m0/s1. The van der Waals surface area contributed by atoms with E-state index in [9.17, 15) is 4.79 Å². The maximum atomic E-state index is 12.5. The number of carbonyl (C=O) groups is 1. The minimum absolute atomic E-state index is 0.00299. The van der Waals surface area contributed by atoms with Crippen LogP contribution in [0.15, 0.2) is 64.8 Å². The van der Waals surface area contributed by atoms with E-state index in [-0.39, 0.29) is 11.7 Å². The predicted molar refractivity (Wildman–Crippen MR) is 78.5 cm³/mol. The van der Waals surface area contributed by atoms with Crippen molar-refractivity contribution in [2.75, 3.05) is 6.54 Å². The zero-order chi connectivity index (χ0) is 13.9. The first kappa shape index (κ1) is 13.0. The molecule has 20 heavy (non-hydrogen) atoms. The Labute approximate surface area is 122 Å². The third-order valence-electron chi connectivity index (χ3n) is 3.49. The van der Waals surface area contributed by atoms with E-state index in [1.54, 1.807) is 24.3 Å². The van der Waals surface area contributed by atoms with Crippen LogP contribution >= 0.6 is 11.6 Å². The number of Topliss-reactive ketones (excluding diaryl/α,β-unsaturated/α-hetero) is 1. The summed E-state index contributed by atoms with van der Waals surface area (Å²) in [5, 5.41) is 8.82. The van der Waals surface area contributed by atoms with Gasteiger partial charge in [0.2, 0.25) is 0 Å². The van der Waals surface area contributed by atoms with Gasteiger partial charge in [0.25, 0.3) is 0 Å². The molecule has 0 unspecified atom stereocenters. The Morgan fingerprint density at radius 3 is 2.45 bits per heavy atom. The molecular weight excluding hydrogens is 272 g/mol. The molecule has 100 valence electrons. The molecule has 0 bridgehead atoms. The Balaban J connectivity index is 1.87. The summed E-state index contributed by atoms with van der Waals surface area (Å²) in [4.78, 5) is 12.5. The fourth-order valence-corrected chi connectivity index (χ4v) is 2.54. The number of hydrogen-bond donors (Lipinski definition) is 0. The highest BCUT2D eigenvalue weighted by molar-refractivity contribution is 6.30. The summed E-state index contributed by atoms with van der Waals surface area (Å²) in [5.41, 5.74) is 1.73. The van der Waals surface area contributed by atoms with Gasteiger partial charge in [0.15, 0.2) is 5.78 Å². The molecule has 0 saturated carbocycles. The van der Waals surface area contributed by atoms with E-state index in [0.29, 0.717) is 17.1 Å². The van der Waals surface area contributed by atoms with Crippen molar-refractivity contribution in [2.45, 2.75) is 12.0 Å². The highest BCUT2D eigenvalue weighted by Crippen LogP contribution is 2.30. The van der Waals surface area contributed by atoms with Crippen LogP contribution in [0.1, 0.15) is 21.8 Å². The molecule has 0 N–H and O–H groups in total. The minimum atomic E-state index is -0.432. The monoisotopic (exact) mass is 284 g/mol. The van der Waals surface area contributed by atoms with Crippen LogP contribution in [-0.4, -0.2) is 18.4 Å². The lowest BCUT2D eigenvalue weighted by molar-refractivity contribution is 0.0956. The SMILES string of the molecule is O=C(c1ccc(Cl)cc1)[C@H]1N=NC[C@H]1c1ccccc1. The van der Waals surface area contributed by atoms with Crippen molar-refractivity contribution in [3.63, 3.8) is 0 Å². The van der Waals surface area contributed by atoms with Gasteiger partial charge in [-0.25, -0.2) is 0 Å². The zero-order valence-corrected chi connectivity index (χ0v) is 11.5. The van der Waals surface area contributed by atoms with Crippen LogP contribution in [0, 0.1) is 0 Å². The zero-order valence-electron chi connectivity index (χ0n) is 10.7. The number of nitrogens with zero attached hydrogens (tertiary/aromatic N) is 2. The molecule has 0 aliphatic carbocycles. The summed E-state index contributed by atoms with van der Waals surface area (Å²) in [5.74, 6) is 0.0242. The topological polar surface area (TPSA) is 41.8 Å². The third-order valence-corrected chi connectivity index (χ3v) is 3.74. The van der Waals surface area contributed by atoms with Gasteiger partial charge in [-0.3, -0.25) is 4.79 Å². The van der Waals surface area contributed by atoms with Crippen molar-refractivity contribution < 1.29 is 4.79 Å². The molecule has 0 saturated heterocycles. The second-order valence-electron chi connectivity index (χ2n) is 4.77. The summed E-state index contributed by atoms with van der Waals surface area (Å²) < 4.78 is 0. The van der Waals surface area contributed by atoms with E-state index in [0.717, 1.165) is 5.56 Å². The maximum Gasteiger partial charge on any atom is 0.189 e. The van der Waals surface area contributed by atoms with E-state index in [1.807, 2.05) is 30.3 Å². The van der Waals surface area contributed by atoms with Crippen molar-refractivity contribution in [1.82, 2.24) is 0 Å². The molecule has 0 spiro atoms. The predicted octanol–water partition coefficient (Wildman–Crippen LogP) is 4.14. The molecule has 2 atom stereocenters. The number of hydrogen-bond acceptors (Lipinski definition) is 3. The number of halogens is 1. The minimum Gasteiger partial charge on any atom is -0.292 e. The van der Waals surface area contributed by atoms with Crippen LogP contribution in [0.2, 0.25) is 5.02 Å². The first-order valence-electron chi connectivity index (χ1n) is 6.47. The van der Waals surface area contributed by atoms with Gasteiger partial charge < -0.3 is 0 Å². The van der Waals surface area contributed by atoms with E-state index < -0.39 is 6.04 Å². The van der Waals surface area contributed by atoms with Crippen LogP contribution in [0.25, 0.3) is 0 Å². The van der Waals surface area contributed by atoms with E-state index in [2.05, 4.69) is 10.2 Å². The molecular formula is C16H13ClN2O. The molecule has 2 aromatic carbocycles. The van der Waals surface area contributed by atoms with Crippen LogP contribution in [0.4, 0.5) is 0 Å². The summed E-state index contributed by atoms with van der Waals surface area (Å²) in [6, 6.07) is 16.4. The van der Waals surface area contributed by atoms with Gasteiger partial charge in [-0.15, -0.1) is 0 Å². The van der Waals surface area contributed by atoms with Gasteiger partial charge in [0.05, 0.1) is 6.54 Å². The largest absolute Gasteiger partial charge is 0.292 e. The Kier molecular flexibility index (Phi) is 3.61. The highest BCUT2D eigenvalue weighted by atomic mass is 35.5. The van der Waals surface area contributed by atoms with Gasteiger partial charge in [-0.2, -0.15) is 10.2 Å². The number of carbonyl (C=O) groups excluding carboxylic acids is 1. The second-order valence-corrected chi connectivity index (χ2v) is 5.21. The third kappa shape index (κ3) is 2.49. The Morgan fingerprint density at radius 2 is 1.75 bits per heavy atom. The molecule has 3 rings (SSSR count). The first-order chi connectivity index (χ1) is 9.75. The average Bonchev–Trinajstić information content (AvgIpc) is 2.97. The van der Waals surface area contributed by atoms with E-state index in [1.165, 1.54) is 0 Å². The fourth-order valence-electron chi connectivity index (χ4n) is 2.41. The molecule has 2 aromatic rings. The van der Waals surface area contributed by atoms with Gasteiger partial charge in [-0.1, -0.05) is 41.9 Å². The molecule has 0 aromatic heterocycles. The van der Waals surface area contributed by atoms with Crippen molar-refractivity contribution in [3.8, 4) is 0 Å². The van der Waals surface area contributed by atoms with Gasteiger partial charge in [-0.05, 0) is 29.8 Å². The molecule has 0 fully saturated rings. The summed E-state index contributed by atoms with van der Waals surface area (Å²) in [6.45, 7) is 0.564. The van der Waals surface area contributed by atoms with Gasteiger partial charge >= 0.3 is 0 Å². The highest BCUT2D eigenvalue weighted by Gasteiger charge is 2.33.